The Morgan fingerprint density at radius 2 is 1.97 bits per heavy atom. The number of hydrogen-bond acceptors (Lipinski definition) is 4. The van der Waals surface area contributed by atoms with E-state index in [9.17, 15) is 9.18 Å². The van der Waals surface area contributed by atoms with Crippen LogP contribution in [0.5, 0.6) is 0 Å². The van der Waals surface area contributed by atoms with Crippen molar-refractivity contribution >= 4 is 17.4 Å². The summed E-state index contributed by atoms with van der Waals surface area (Å²) in [6, 6.07) is 14.7. The minimum Gasteiger partial charge on any atom is -0.343 e. The number of amides is 1. The Morgan fingerprint density at radius 3 is 2.70 bits per heavy atom. The van der Waals surface area contributed by atoms with Gasteiger partial charge in [-0.3, -0.25) is 4.79 Å². The van der Waals surface area contributed by atoms with Gasteiger partial charge in [0.05, 0.1) is 5.54 Å². The minimum absolute atomic E-state index is 0.157. The molecule has 1 aromatic heterocycles. The van der Waals surface area contributed by atoms with E-state index in [1.165, 1.54) is 35.5 Å². The fraction of sp³-hybridized carbons (Fsp3) is 0.292. The van der Waals surface area contributed by atoms with Crippen molar-refractivity contribution in [3.63, 3.8) is 0 Å². The Morgan fingerprint density at radius 1 is 1.17 bits per heavy atom. The van der Waals surface area contributed by atoms with Crippen molar-refractivity contribution in [3.8, 4) is 0 Å². The SMILES string of the molecule is Cc1nccc(N2c3ccc(C4(NC(=O)c5ccc(F)cc5)CC4)cc3C3CC32)n1. The van der Waals surface area contributed by atoms with E-state index >= 15 is 0 Å². The number of nitrogens with zero attached hydrogens (tertiary/aromatic N) is 3. The van der Waals surface area contributed by atoms with Gasteiger partial charge in [-0.1, -0.05) is 12.1 Å². The van der Waals surface area contributed by atoms with Crippen molar-refractivity contribution in [3.05, 3.63) is 83.1 Å². The largest absolute Gasteiger partial charge is 0.343 e. The summed E-state index contributed by atoms with van der Waals surface area (Å²) in [5.74, 6) is 1.75. The van der Waals surface area contributed by atoms with E-state index in [2.05, 4.69) is 38.4 Å². The topological polar surface area (TPSA) is 58.1 Å². The van der Waals surface area contributed by atoms with Gasteiger partial charge in [-0.05, 0) is 73.7 Å². The minimum atomic E-state index is -0.339. The lowest BCUT2D eigenvalue weighted by molar-refractivity contribution is 0.0930. The summed E-state index contributed by atoms with van der Waals surface area (Å²) < 4.78 is 13.2. The van der Waals surface area contributed by atoms with Crippen LogP contribution in [-0.2, 0) is 5.54 Å². The number of halogens is 1. The number of carbonyl (C=O) groups excluding carboxylic acids is 1. The third-order valence-corrected chi connectivity index (χ3v) is 6.54. The van der Waals surface area contributed by atoms with Crippen molar-refractivity contribution in [2.75, 3.05) is 4.90 Å². The lowest BCUT2D eigenvalue weighted by Gasteiger charge is -2.23. The molecule has 0 bridgehead atoms. The Balaban J connectivity index is 1.29. The van der Waals surface area contributed by atoms with Crippen LogP contribution in [0.3, 0.4) is 0 Å². The zero-order valence-corrected chi connectivity index (χ0v) is 16.6. The van der Waals surface area contributed by atoms with Gasteiger partial charge in [-0.2, -0.15) is 0 Å². The maximum absolute atomic E-state index is 13.2. The summed E-state index contributed by atoms with van der Waals surface area (Å²) in [7, 11) is 0. The number of hydrogen-bond donors (Lipinski definition) is 1. The van der Waals surface area contributed by atoms with Gasteiger partial charge in [-0.15, -0.1) is 0 Å². The summed E-state index contributed by atoms with van der Waals surface area (Å²) in [5, 5.41) is 3.19. The molecular formula is C24H21FN4O. The number of carbonyl (C=O) groups is 1. The summed E-state index contributed by atoms with van der Waals surface area (Å²) in [6.07, 6.45) is 4.78. The van der Waals surface area contributed by atoms with E-state index < -0.39 is 0 Å². The highest BCUT2D eigenvalue weighted by Gasteiger charge is 2.53. The summed E-state index contributed by atoms with van der Waals surface area (Å²) in [6.45, 7) is 1.91. The van der Waals surface area contributed by atoms with Crippen LogP contribution in [0.15, 0.2) is 54.7 Å². The summed E-state index contributed by atoms with van der Waals surface area (Å²) >= 11 is 0. The molecule has 2 atom stereocenters. The molecule has 1 N–H and O–H groups in total. The average Bonchev–Trinajstić information content (AvgIpc) is 3.66. The molecule has 1 aliphatic heterocycles. The van der Waals surface area contributed by atoms with Crippen LogP contribution in [0.2, 0.25) is 0 Å². The van der Waals surface area contributed by atoms with Gasteiger partial charge in [0.2, 0.25) is 0 Å². The molecule has 3 aliphatic rings. The quantitative estimate of drug-likeness (QED) is 0.707. The standard InChI is InChI=1S/C24H21FN4O/c1-14-26-11-8-22(27-14)29-20-7-4-16(12-18(20)19-13-21(19)29)24(9-10-24)28-23(30)15-2-5-17(25)6-3-15/h2-8,11-12,19,21H,9-10,13H2,1H3,(H,28,30). The molecule has 30 heavy (non-hydrogen) atoms. The molecule has 2 saturated carbocycles. The zero-order valence-electron chi connectivity index (χ0n) is 16.6. The van der Waals surface area contributed by atoms with E-state index in [-0.39, 0.29) is 17.3 Å². The molecule has 0 spiro atoms. The first-order valence-corrected chi connectivity index (χ1v) is 10.4. The first-order valence-electron chi connectivity index (χ1n) is 10.4. The van der Waals surface area contributed by atoms with E-state index in [4.69, 9.17) is 0 Å². The fourth-order valence-electron chi connectivity index (χ4n) is 4.72. The van der Waals surface area contributed by atoms with Crippen LogP contribution in [-0.4, -0.2) is 21.9 Å². The van der Waals surface area contributed by atoms with Crippen LogP contribution in [0.4, 0.5) is 15.9 Å². The molecule has 2 aromatic carbocycles. The molecule has 2 heterocycles. The van der Waals surface area contributed by atoms with Crippen LogP contribution in [0.25, 0.3) is 0 Å². The fourth-order valence-corrected chi connectivity index (χ4v) is 4.72. The smallest absolute Gasteiger partial charge is 0.251 e. The molecule has 5 nitrogen and oxygen atoms in total. The van der Waals surface area contributed by atoms with Gasteiger partial charge < -0.3 is 10.2 Å². The van der Waals surface area contributed by atoms with Gasteiger partial charge in [-0.25, -0.2) is 14.4 Å². The average molecular weight is 400 g/mol. The number of rotatable bonds is 4. The third kappa shape index (κ3) is 2.70. The number of fused-ring (bicyclic) bond motifs is 3. The molecule has 2 aliphatic carbocycles. The van der Waals surface area contributed by atoms with Gasteiger partial charge >= 0.3 is 0 Å². The number of nitrogens with one attached hydrogen (secondary N) is 1. The summed E-state index contributed by atoms with van der Waals surface area (Å²) in [4.78, 5) is 23.9. The van der Waals surface area contributed by atoms with Gasteiger partial charge in [0.1, 0.15) is 17.5 Å². The van der Waals surface area contributed by atoms with E-state index in [1.54, 1.807) is 0 Å². The predicted molar refractivity (Wildman–Crippen MR) is 111 cm³/mol. The molecule has 150 valence electrons. The number of benzene rings is 2. The highest BCUT2D eigenvalue weighted by atomic mass is 19.1. The van der Waals surface area contributed by atoms with Crippen molar-refractivity contribution < 1.29 is 9.18 Å². The number of anilines is 2. The first kappa shape index (κ1) is 17.6. The lowest BCUT2D eigenvalue weighted by Crippen LogP contribution is -2.34. The molecule has 1 amide bonds. The van der Waals surface area contributed by atoms with Crippen LogP contribution < -0.4 is 10.2 Å². The lowest BCUT2D eigenvalue weighted by atomic mass is 9.98. The van der Waals surface area contributed by atoms with E-state index in [0.717, 1.165) is 36.5 Å². The molecule has 6 heteroatoms. The molecular weight excluding hydrogens is 379 g/mol. The summed E-state index contributed by atoms with van der Waals surface area (Å²) in [5.41, 5.74) is 3.87. The number of aryl methyl sites for hydroxylation is 1. The highest BCUT2D eigenvalue weighted by Crippen LogP contribution is 2.59. The molecule has 3 aromatic rings. The highest BCUT2D eigenvalue weighted by molar-refractivity contribution is 5.95. The maximum atomic E-state index is 13.2. The van der Waals surface area contributed by atoms with Crippen LogP contribution >= 0.6 is 0 Å². The van der Waals surface area contributed by atoms with E-state index in [0.29, 0.717) is 17.5 Å². The van der Waals surface area contributed by atoms with Gasteiger partial charge in [0, 0.05) is 29.4 Å². The molecule has 6 rings (SSSR count). The van der Waals surface area contributed by atoms with E-state index in [1.807, 2.05) is 19.2 Å². The van der Waals surface area contributed by atoms with Gasteiger partial charge in [0.25, 0.3) is 5.91 Å². The molecule has 0 saturated heterocycles. The Kier molecular flexibility index (Phi) is 3.58. The van der Waals surface area contributed by atoms with Crippen LogP contribution in [0, 0.1) is 12.7 Å². The molecule has 0 radical (unpaired) electrons. The Labute approximate surface area is 174 Å². The second-order valence-corrected chi connectivity index (χ2v) is 8.56. The van der Waals surface area contributed by atoms with Crippen molar-refractivity contribution in [2.45, 2.75) is 43.7 Å². The second-order valence-electron chi connectivity index (χ2n) is 8.56. The Bertz CT molecular complexity index is 1170. The van der Waals surface area contributed by atoms with Gasteiger partial charge in [0.15, 0.2) is 0 Å². The molecule has 2 fully saturated rings. The van der Waals surface area contributed by atoms with Crippen molar-refractivity contribution in [2.24, 2.45) is 0 Å². The number of aromatic nitrogens is 2. The Hall–Kier alpha value is -3.28. The first-order chi connectivity index (χ1) is 14.5. The molecule has 2 unspecified atom stereocenters. The third-order valence-electron chi connectivity index (χ3n) is 6.54. The normalized spacial score (nSPS) is 22.3. The van der Waals surface area contributed by atoms with Crippen LogP contribution in [0.1, 0.15) is 52.5 Å². The monoisotopic (exact) mass is 400 g/mol. The van der Waals surface area contributed by atoms with Crippen molar-refractivity contribution in [1.29, 1.82) is 0 Å². The maximum Gasteiger partial charge on any atom is 0.251 e. The predicted octanol–water partition coefficient (Wildman–Crippen LogP) is 4.35. The van der Waals surface area contributed by atoms with Crippen molar-refractivity contribution in [1.82, 2.24) is 15.3 Å². The second kappa shape index (κ2) is 6.11. The zero-order chi connectivity index (χ0) is 20.5.